The van der Waals surface area contributed by atoms with E-state index in [0.717, 1.165) is 16.3 Å². The molecule has 2 rings (SSSR count). The van der Waals surface area contributed by atoms with Gasteiger partial charge in [0.05, 0.1) is 12.4 Å². The van der Waals surface area contributed by atoms with Crippen molar-refractivity contribution in [3.63, 3.8) is 0 Å². The molecule has 72 valence electrons. The quantitative estimate of drug-likeness (QED) is 0.787. The summed E-state index contributed by atoms with van der Waals surface area (Å²) >= 11 is 7.63. The van der Waals surface area contributed by atoms with Crippen LogP contribution in [-0.4, -0.2) is 15.0 Å². The van der Waals surface area contributed by atoms with Gasteiger partial charge in [-0.15, -0.1) is 11.3 Å². The molecule has 0 aliphatic rings. The SMILES string of the molecule is CC=C(Cl)c1cscc1-n1nccn1. The Morgan fingerprint density at radius 2 is 2.14 bits per heavy atom. The minimum atomic E-state index is 0.721. The van der Waals surface area contributed by atoms with Crippen LogP contribution in [0.15, 0.2) is 29.2 Å². The second kappa shape index (κ2) is 3.94. The van der Waals surface area contributed by atoms with Crippen LogP contribution in [0.3, 0.4) is 0 Å². The monoisotopic (exact) mass is 225 g/mol. The Labute approximate surface area is 90.6 Å². The maximum absolute atomic E-state index is 6.05. The second-order valence-corrected chi connectivity index (χ2v) is 3.78. The van der Waals surface area contributed by atoms with Crippen molar-refractivity contribution < 1.29 is 0 Å². The Morgan fingerprint density at radius 3 is 2.79 bits per heavy atom. The smallest absolute Gasteiger partial charge is 0.105 e. The molecule has 0 atom stereocenters. The first-order valence-electron chi connectivity index (χ1n) is 4.08. The van der Waals surface area contributed by atoms with Crippen molar-refractivity contribution in [1.82, 2.24) is 15.0 Å². The van der Waals surface area contributed by atoms with E-state index in [2.05, 4.69) is 10.2 Å². The summed E-state index contributed by atoms with van der Waals surface area (Å²) in [6.45, 7) is 1.90. The van der Waals surface area contributed by atoms with Crippen molar-refractivity contribution in [3.8, 4) is 5.69 Å². The molecule has 0 amide bonds. The lowest BCUT2D eigenvalue weighted by Gasteiger charge is -2.00. The summed E-state index contributed by atoms with van der Waals surface area (Å²) in [5.41, 5.74) is 1.89. The van der Waals surface area contributed by atoms with E-state index in [9.17, 15) is 0 Å². The van der Waals surface area contributed by atoms with Crippen molar-refractivity contribution in [2.24, 2.45) is 0 Å². The Morgan fingerprint density at radius 1 is 1.43 bits per heavy atom. The van der Waals surface area contributed by atoms with Gasteiger partial charge in [0, 0.05) is 21.4 Å². The van der Waals surface area contributed by atoms with Gasteiger partial charge in [-0.3, -0.25) is 0 Å². The highest BCUT2D eigenvalue weighted by Crippen LogP contribution is 2.28. The van der Waals surface area contributed by atoms with Crippen LogP contribution in [0, 0.1) is 0 Å². The number of allylic oxidation sites excluding steroid dienone is 1. The molecule has 0 bridgehead atoms. The van der Waals surface area contributed by atoms with Crippen LogP contribution >= 0.6 is 22.9 Å². The Bertz CT molecular complexity index is 444. The van der Waals surface area contributed by atoms with Gasteiger partial charge in [-0.2, -0.15) is 15.0 Å². The molecule has 14 heavy (non-hydrogen) atoms. The molecule has 0 spiro atoms. The molecular weight excluding hydrogens is 218 g/mol. The number of nitrogens with zero attached hydrogens (tertiary/aromatic N) is 3. The molecule has 5 heteroatoms. The van der Waals surface area contributed by atoms with Crippen molar-refractivity contribution >= 4 is 28.0 Å². The van der Waals surface area contributed by atoms with Gasteiger partial charge in [-0.25, -0.2) is 0 Å². The van der Waals surface area contributed by atoms with E-state index in [1.165, 1.54) is 0 Å². The largest absolute Gasteiger partial charge is 0.157 e. The van der Waals surface area contributed by atoms with Crippen LogP contribution in [0.25, 0.3) is 10.7 Å². The third kappa shape index (κ3) is 1.58. The highest BCUT2D eigenvalue weighted by Gasteiger charge is 2.09. The molecule has 0 aliphatic heterocycles. The summed E-state index contributed by atoms with van der Waals surface area (Å²) in [5.74, 6) is 0. The van der Waals surface area contributed by atoms with Crippen LogP contribution in [0.4, 0.5) is 0 Å². The van der Waals surface area contributed by atoms with Gasteiger partial charge in [0.15, 0.2) is 0 Å². The van der Waals surface area contributed by atoms with Crippen LogP contribution < -0.4 is 0 Å². The van der Waals surface area contributed by atoms with E-state index in [1.54, 1.807) is 28.5 Å². The lowest BCUT2D eigenvalue weighted by molar-refractivity contribution is 0.753. The van der Waals surface area contributed by atoms with Gasteiger partial charge < -0.3 is 0 Å². The van der Waals surface area contributed by atoms with Gasteiger partial charge in [-0.05, 0) is 6.92 Å². The van der Waals surface area contributed by atoms with Gasteiger partial charge in [0.1, 0.15) is 5.69 Å². The zero-order chi connectivity index (χ0) is 9.97. The van der Waals surface area contributed by atoms with Crippen molar-refractivity contribution in [3.05, 3.63) is 34.8 Å². The molecule has 3 nitrogen and oxygen atoms in total. The fraction of sp³-hybridized carbons (Fsp3) is 0.111. The number of rotatable bonds is 2. The van der Waals surface area contributed by atoms with E-state index in [-0.39, 0.29) is 0 Å². The fourth-order valence-corrected chi connectivity index (χ4v) is 2.14. The minimum Gasteiger partial charge on any atom is -0.157 e. The molecule has 2 aromatic heterocycles. The normalized spacial score (nSPS) is 12.0. The summed E-state index contributed by atoms with van der Waals surface area (Å²) in [6, 6.07) is 0. The number of hydrogen-bond donors (Lipinski definition) is 0. The van der Waals surface area contributed by atoms with Crippen molar-refractivity contribution in [2.45, 2.75) is 6.92 Å². The third-order valence-electron chi connectivity index (χ3n) is 1.79. The zero-order valence-corrected chi connectivity index (χ0v) is 9.09. The number of aromatic nitrogens is 3. The molecule has 0 fully saturated rings. The predicted molar refractivity (Wildman–Crippen MR) is 58.7 cm³/mol. The average Bonchev–Trinajstić information content (AvgIpc) is 2.85. The van der Waals surface area contributed by atoms with Gasteiger partial charge in [0.2, 0.25) is 0 Å². The van der Waals surface area contributed by atoms with Crippen LogP contribution in [0.2, 0.25) is 0 Å². The molecule has 2 heterocycles. The first-order chi connectivity index (χ1) is 6.83. The Balaban J connectivity index is 2.50. The fourth-order valence-electron chi connectivity index (χ4n) is 1.12. The third-order valence-corrected chi connectivity index (χ3v) is 2.94. The second-order valence-electron chi connectivity index (χ2n) is 2.63. The lowest BCUT2D eigenvalue weighted by Crippen LogP contribution is -1.98. The van der Waals surface area contributed by atoms with Crippen molar-refractivity contribution in [2.75, 3.05) is 0 Å². The van der Waals surface area contributed by atoms with Gasteiger partial charge >= 0.3 is 0 Å². The molecule has 0 aliphatic carbocycles. The molecular formula is C9H8ClN3S. The first kappa shape index (κ1) is 9.43. The summed E-state index contributed by atoms with van der Waals surface area (Å²) in [4.78, 5) is 1.57. The van der Waals surface area contributed by atoms with Gasteiger partial charge in [-0.1, -0.05) is 17.7 Å². The van der Waals surface area contributed by atoms with E-state index < -0.39 is 0 Å². The maximum atomic E-state index is 6.05. The van der Waals surface area contributed by atoms with E-state index in [0.29, 0.717) is 0 Å². The number of thiophene rings is 1. The molecule has 0 saturated carbocycles. The molecule has 0 radical (unpaired) electrons. The highest BCUT2D eigenvalue weighted by atomic mass is 35.5. The standard InChI is InChI=1S/C9H8ClN3S/c1-2-8(10)7-5-14-6-9(7)13-11-3-4-12-13/h2-6H,1H3. The van der Waals surface area contributed by atoms with Crippen LogP contribution in [-0.2, 0) is 0 Å². The summed E-state index contributed by atoms with van der Waals surface area (Å²) in [7, 11) is 0. The molecule has 0 saturated heterocycles. The summed E-state index contributed by atoms with van der Waals surface area (Å²) in [5, 5.41) is 12.8. The van der Waals surface area contributed by atoms with Crippen LogP contribution in [0.1, 0.15) is 12.5 Å². The van der Waals surface area contributed by atoms with E-state index in [4.69, 9.17) is 11.6 Å². The Hall–Kier alpha value is -1.13. The van der Waals surface area contributed by atoms with Crippen molar-refractivity contribution in [1.29, 1.82) is 0 Å². The topological polar surface area (TPSA) is 30.7 Å². The molecule has 0 unspecified atom stereocenters. The van der Waals surface area contributed by atoms with E-state index in [1.807, 2.05) is 23.8 Å². The lowest BCUT2D eigenvalue weighted by atomic mass is 10.3. The zero-order valence-electron chi connectivity index (χ0n) is 7.51. The minimum absolute atomic E-state index is 0.721. The Kier molecular flexibility index (Phi) is 2.65. The van der Waals surface area contributed by atoms with E-state index >= 15 is 0 Å². The number of hydrogen-bond acceptors (Lipinski definition) is 3. The van der Waals surface area contributed by atoms with Crippen LogP contribution in [0.5, 0.6) is 0 Å². The number of halogens is 1. The first-order valence-corrected chi connectivity index (χ1v) is 5.40. The summed E-state index contributed by atoms with van der Waals surface area (Å²) in [6.07, 6.45) is 5.15. The summed E-state index contributed by atoms with van der Waals surface area (Å²) < 4.78 is 0. The molecule has 0 N–H and O–H groups in total. The average molecular weight is 226 g/mol. The maximum Gasteiger partial charge on any atom is 0.105 e. The predicted octanol–water partition coefficient (Wildman–Crippen LogP) is 2.93. The molecule has 2 aromatic rings. The molecule has 0 aromatic carbocycles. The van der Waals surface area contributed by atoms with Gasteiger partial charge in [0.25, 0.3) is 0 Å². The highest BCUT2D eigenvalue weighted by molar-refractivity contribution is 7.08.